The Morgan fingerprint density at radius 3 is 2.48 bits per heavy atom. The molecule has 3 aromatic rings. The van der Waals surface area contributed by atoms with Gasteiger partial charge in [-0.15, -0.1) is 0 Å². The predicted molar refractivity (Wildman–Crippen MR) is 104 cm³/mol. The molecule has 1 unspecified atom stereocenters. The number of benzene rings is 2. The van der Waals surface area contributed by atoms with Crippen LogP contribution in [0.1, 0.15) is 16.9 Å². The first-order valence-corrected chi connectivity index (χ1v) is 10.5. The van der Waals surface area contributed by atoms with Gasteiger partial charge < -0.3 is 9.73 Å². The van der Waals surface area contributed by atoms with Gasteiger partial charge in [0.25, 0.3) is 0 Å². The van der Waals surface area contributed by atoms with Crippen LogP contribution in [-0.4, -0.2) is 24.7 Å². The molecule has 0 aliphatic carbocycles. The Bertz CT molecular complexity index is 1110. The van der Waals surface area contributed by atoms with Gasteiger partial charge in [-0.25, -0.2) is 12.8 Å². The number of hydrogen-bond acceptors (Lipinski definition) is 4. The summed E-state index contributed by atoms with van der Waals surface area (Å²) in [7, 11) is -4.01. The zero-order valence-corrected chi connectivity index (χ0v) is 16.2. The summed E-state index contributed by atoms with van der Waals surface area (Å²) in [5.41, 5.74) is 1.77. The molecule has 150 valence electrons. The number of rotatable bonds is 5. The molecule has 1 amide bonds. The molecule has 1 aromatic heterocycles. The smallest absolute Gasteiger partial charge is 0.244 e. The maximum absolute atomic E-state index is 13.3. The van der Waals surface area contributed by atoms with Gasteiger partial charge in [0.1, 0.15) is 17.6 Å². The predicted octanol–water partition coefficient (Wildman–Crippen LogP) is 2.85. The molecular formula is C21H19FN2O4S. The fourth-order valence-electron chi connectivity index (χ4n) is 3.42. The van der Waals surface area contributed by atoms with Crippen LogP contribution in [0.2, 0.25) is 0 Å². The second kappa shape index (κ2) is 7.81. The van der Waals surface area contributed by atoms with Crippen LogP contribution >= 0.6 is 0 Å². The molecule has 1 aliphatic rings. The van der Waals surface area contributed by atoms with Crippen LogP contribution in [0.25, 0.3) is 0 Å². The quantitative estimate of drug-likeness (QED) is 0.696. The Morgan fingerprint density at radius 1 is 1.07 bits per heavy atom. The first-order chi connectivity index (χ1) is 13.9. The average molecular weight is 414 g/mol. The summed E-state index contributed by atoms with van der Waals surface area (Å²) < 4.78 is 46.2. The number of fused-ring (bicyclic) bond motifs is 1. The summed E-state index contributed by atoms with van der Waals surface area (Å²) in [5, 5.41) is 2.75. The van der Waals surface area contributed by atoms with Crippen molar-refractivity contribution in [3.63, 3.8) is 0 Å². The third kappa shape index (κ3) is 3.94. The highest BCUT2D eigenvalue weighted by Crippen LogP contribution is 2.29. The normalized spacial score (nSPS) is 16.9. The molecule has 6 nitrogen and oxygen atoms in total. The summed E-state index contributed by atoms with van der Waals surface area (Å²) in [5.74, 6) is -0.371. The molecule has 2 aromatic carbocycles. The Hall–Kier alpha value is -2.97. The Kier molecular flexibility index (Phi) is 5.21. The molecule has 0 saturated carbocycles. The molecule has 1 N–H and O–H groups in total. The SMILES string of the molecule is O=C(NCc1ccco1)C1Cc2ccccc2CN1S(=O)(=O)c1ccc(F)cc1. The first-order valence-electron chi connectivity index (χ1n) is 9.09. The lowest BCUT2D eigenvalue weighted by Gasteiger charge is -2.35. The molecular weight excluding hydrogens is 395 g/mol. The minimum Gasteiger partial charge on any atom is -0.467 e. The van der Waals surface area contributed by atoms with Gasteiger partial charge in [0.2, 0.25) is 15.9 Å². The van der Waals surface area contributed by atoms with Crippen LogP contribution in [0.15, 0.2) is 76.2 Å². The van der Waals surface area contributed by atoms with E-state index in [1.807, 2.05) is 24.3 Å². The summed E-state index contributed by atoms with van der Waals surface area (Å²) >= 11 is 0. The van der Waals surface area contributed by atoms with E-state index in [9.17, 15) is 17.6 Å². The Labute approximate surface area is 168 Å². The van der Waals surface area contributed by atoms with Gasteiger partial charge in [0.05, 0.1) is 17.7 Å². The number of nitrogens with zero attached hydrogens (tertiary/aromatic N) is 1. The second-order valence-corrected chi connectivity index (χ2v) is 8.68. The van der Waals surface area contributed by atoms with Crippen molar-refractivity contribution < 1.29 is 22.0 Å². The van der Waals surface area contributed by atoms with Crippen molar-refractivity contribution in [2.75, 3.05) is 0 Å². The zero-order valence-electron chi connectivity index (χ0n) is 15.4. The van der Waals surface area contributed by atoms with E-state index < -0.39 is 27.8 Å². The molecule has 4 rings (SSSR count). The Balaban J connectivity index is 1.66. The van der Waals surface area contributed by atoms with E-state index in [2.05, 4.69) is 5.32 Å². The highest BCUT2D eigenvalue weighted by molar-refractivity contribution is 7.89. The van der Waals surface area contributed by atoms with E-state index in [-0.39, 0.29) is 24.4 Å². The molecule has 0 radical (unpaired) electrons. The molecule has 0 spiro atoms. The van der Waals surface area contributed by atoms with Crippen LogP contribution in [-0.2, 0) is 34.3 Å². The average Bonchev–Trinajstić information content (AvgIpc) is 3.25. The lowest BCUT2D eigenvalue weighted by atomic mass is 9.95. The lowest BCUT2D eigenvalue weighted by molar-refractivity contribution is -0.125. The maximum Gasteiger partial charge on any atom is 0.244 e. The van der Waals surface area contributed by atoms with Crippen molar-refractivity contribution in [1.29, 1.82) is 0 Å². The van der Waals surface area contributed by atoms with Gasteiger partial charge in [0.15, 0.2) is 0 Å². The molecule has 8 heteroatoms. The third-order valence-corrected chi connectivity index (χ3v) is 6.81. The van der Waals surface area contributed by atoms with Gasteiger partial charge in [0, 0.05) is 6.54 Å². The van der Waals surface area contributed by atoms with Crippen molar-refractivity contribution in [1.82, 2.24) is 9.62 Å². The van der Waals surface area contributed by atoms with Gasteiger partial charge >= 0.3 is 0 Å². The van der Waals surface area contributed by atoms with Gasteiger partial charge in [-0.2, -0.15) is 4.31 Å². The fourth-order valence-corrected chi connectivity index (χ4v) is 4.99. The largest absolute Gasteiger partial charge is 0.467 e. The van der Waals surface area contributed by atoms with E-state index in [0.29, 0.717) is 5.76 Å². The standard InChI is InChI=1S/C21H19FN2O4S/c22-17-7-9-19(10-8-17)29(26,27)24-14-16-5-2-1-4-15(16)12-20(24)21(25)23-13-18-6-3-11-28-18/h1-11,20H,12-14H2,(H,23,25). The summed E-state index contributed by atoms with van der Waals surface area (Å²) in [4.78, 5) is 12.9. The van der Waals surface area contributed by atoms with E-state index >= 15 is 0 Å². The van der Waals surface area contributed by atoms with Crippen molar-refractivity contribution in [2.45, 2.75) is 30.4 Å². The number of nitrogens with one attached hydrogen (secondary N) is 1. The van der Waals surface area contributed by atoms with Crippen molar-refractivity contribution in [3.05, 3.63) is 89.6 Å². The first kappa shape index (κ1) is 19.4. The van der Waals surface area contributed by atoms with E-state index in [0.717, 1.165) is 23.3 Å². The molecule has 0 saturated heterocycles. The Morgan fingerprint density at radius 2 is 1.79 bits per heavy atom. The molecule has 0 bridgehead atoms. The van der Waals surface area contributed by atoms with Crippen LogP contribution in [0.5, 0.6) is 0 Å². The summed E-state index contributed by atoms with van der Waals surface area (Å²) in [6, 6.07) is 14.6. The molecule has 29 heavy (non-hydrogen) atoms. The maximum atomic E-state index is 13.3. The number of halogens is 1. The number of sulfonamides is 1. The summed E-state index contributed by atoms with van der Waals surface area (Å²) in [6.07, 6.45) is 1.75. The number of furan rings is 1. The third-order valence-electron chi connectivity index (χ3n) is 4.95. The fraction of sp³-hybridized carbons (Fsp3) is 0.190. The molecule has 0 fully saturated rings. The van der Waals surface area contributed by atoms with Crippen LogP contribution in [0.3, 0.4) is 0 Å². The lowest BCUT2D eigenvalue weighted by Crippen LogP contribution is -2.52. The number of amides is 1. The number of carbonyl (C=O) groups is 1. The van der Waals surface area contributed by atoms with Gasteiger partial charge in [-0.3, -0.25) is 4.79 Å². The second-order valence-electron chi connectivity index (χ2n) is 6.79. The highest BCUT2D eigenvalue weighted by Gasteiger charge is 2.39. The highest BCUT2D eigenvalue weighted by atomic mass is 32.2. The molecule has 1 aliphatic heterocycles. The number of hydrogen-bond donors (Lipinski definition) is 1. The van der Waals surface area contributed by atoms with E-state index in [1.165, 1.54) is 22.7 Å². The van der Waals surface area contributed by atoms with Crippen LogP contribution in [0.4, 0.5) is 4.39 Å². The molecule has 2 heterocycles. The van der Waals surface area contributed by atoms with Crippen LogP contribution in [0, 0.1) is 5.82 Å². The summed E-state index contributed by atoms with van der Waals surface area (Å²) in [6.45, 7) is 0.225. The monoisotopic (exact) mass is 414 g/mol. The topological polar surface area (TPSA) is 79.6 Å². The minimum absolute atomic E-state index is 0.0536. The number of carbonyl (C=O) groups excluding carboxylic acids is 1. The van der Waals surface area contributed by atoms with Crippen LogP contribution < -0.4 is 5.32 Å². The van der Waals surface area contributed by atoms with Gasteiger partial charge in [-0.1, -0.05) is 24.3 Å². The van der Waals surface area contributed by atoms with E-state index in [4.69, 9.17) is 4.42 Å². The van der Waals surface area contributed by atoms with E-state index in [1.54, 1.807) is 12.1 Å². The minimum atomic E-state index is -4.01. The van der Waals surface area contributed by atoms with Gasteiger partial charge in [-0.05, 0) is 53.9 Å². The molecule has 1 atom stereocenters. The zero-order chi connectivity index (χ0) is 20.4. The van der Waals surface area contributed by atoms with Crippen molar-refractivity contribution >= 4 is 15.9 Å². The van der Waals surface area contributed by atoms with Crippen molar-refractivity contribution in [2.24, 2.45) is 0 Å². The van der Waals surface area contributed by atoms with Crippen molar-refractivity contribution in [3.8, 4) is 0 Å².